The van der Waals surface area contributed by atoms with Crippen LogP contribution < -0.4 is 10.6 Å². The predicted octanol–water partition coefficient (Wildman–Crippen LogP) is 7.41. The van der Waals surface area contributed by atoms with Crippen molar-refractivity contribution >= 4 is 63.3 Å². The quantitative estimate of drug-likeness (QED) is 0.117. The van der Waals surface area contributed by atoms with Crippen LogP contribution in [-0.2, 0) is 24.1 Å². The summed E-state index contributed by atoms with van der Waals surface area (Å²) in [5.41, 5.74) is 3.28. The fourth-order valence-corrected chi connectivity index (χ4v) is 8.51. The molecular weight excluding hydrogens is 786 g/mol. The van der Waals surface area contributed by atoms with Gasteiger partial charge in [-0.05, 0) is 75.0 Å². The molecular formula is C39H38Cl2F3N9O4. The normalized spacial score (nSPS) is 19.5. The van der Waals surface area contributed by atoms with Crippen molar-refractivity contribution in [2.24, 2.45) is 5.92 Å². The minimum absolute atomic E-state index is 0.00899. The average molecular weight is 825 g/mol. The van der Waals surface area contributed by atoms with Gasteiger partial charge in [0.2, 0.25) is 5.82 Å². The summed E-state index contributed by atoms with van der Waals surface area (Å²) in [6, 6.07) is 13.3. The van der Waals surface area contributed by atoms with Gasteiger partial charge >= 0.3 is 12.1 Å². The highest BCUT2D eigenvalue weighted by Gasteiger charge is 2.36. The lowest BCUT2D eigenvalue weighted by atomic mass is 9.93. The lowest BCUT2D eigenvalue weighted by molar-refractivity contribution is -0.145. The number of benzene rings is 2. The Morgan fingerprint density at radius 1 is 0.912 bits per heavy atom. The molecule has 3 aliphatic heterocycles. The highest BCUT2D eigenvalue weighted by atomic mass is 35.5. The van der Waals surface area contributed by atoms with Crippen LogP contribution in [0.15, 0.2) is 54.7 Å². The molecule has 0 spiro atoms. The van der Waals surface area contributed by atoms with E-state index in [1.807, 2.05) is 9.58 Å². The van der Waals surface area contributed by atoms with Gasteiger partial charge in [-0.3, -0.25) is 29.1 Å². The summed E-state index contributed by atoms with van der Waals surface area (Å²) < 4.78 is 44.0. The second kappa shape index (κ2) is 15.8. The third kappa shape index (κ3) is 8.14. The Balaban J connectivity index is 1.03. The smallest absolute Gasteiger partial charge is 0.451 e. The molecule has 3 aromatic heterocycles. The van der Waals surface area contributed by atoms with E-state index in [1.165, 1.54) is 6.07 Å². The molecule has 13 nitrogen and oxygen atoms in total. The highest BCUT2D eigenvalue weighted by molar-refractivity contribution is 6.39. The number of nitrogens with one attached hydrogen (secondary N) is 2. The van der Waals surface area contributed by atoms with Crippen LogP contribution in [0.25, 0.3) is 22.2 Å². The number of amides is 1. The van der Waals surface area contributed by atoms with E-state index in [4.69, 9.17) is 23.2 Å². The Labute approximate surface area is 334 Å². The Hall–Kier alpha value is -4.87. The summed E-state index contributed by atoms with van der Waals surface area (Å²) in [7, 11) is 0. The summed E-state index contributed by atoms with van der Waals surface area (Å²) in [6.45, 7) is 3.48. The van der Waals surface area contributed by atoms with E-state index in [9.17, 15) is 33.0 Å². The summed E-state index contributed by atoms with van der Waals surface area (Å²) in [5, 5.41) is 30.0. The molecule has 0 aliphatic carbocycles. The Bertz CT molecular complexity index is 2350. The fraction of sp³-hybridized carbons (Fsp3) is 0.385. The first-order valence-corrected chi connectivity index (χ1v) is 19.4. The molecule has 57 heavy (non-hydrogen) atoms. The molecule has 5 aromatic rings. The Morgan fingerprint density at radius 2 is 1.63 bits per heavy atom. The van der Waals surface area contributed by atoms with E-state index in [0.717, 1.165) is 18.5 Å². The number of aryl methyl sites for hydroxylation is 1. The van der Waals surface area contributed by atoms with Crippen molar-refractivity contribution < 1.29 is 33.0 Å². The first-order valence-electron chi connectivity index (χ1n) is 18.7. The Kier molecular flexibility index (Phi) is 10.8. The number of rotatable bonds is 9. The molecule has 3 aliphatic rings. The van der Waals surface area contributed by atoms with Gasteiger partial charge in [0.1, 0.15) is 5.52 Å². The number of piperidine rings is 1. The third-order valence-electron chi connectivity index (χ3n) is 10.8. The molecule has 2 atom stereocenters. The monoisotopic (exact) mass is 823 g/mol. The van der Waals surface area contributed by atoms with Gasteiger partial charge in [0.15, 0.2) is 11.5 Å². The fourth-order valence-electron chi connectivity index (χ4n) is 7.96. The molecule has 1 amide bonds. The van der Waals surface area contributed by atoms with Gasteiger partial charge in [0.05, 0.1) is 50.7 Å². The van der Waals surface area contributed by atoms with Gasteiger partial charge in [-0.2, -0.15) is 18.3 Å². The zero-order valence-corrected chi connectivity index (χ0v) is 31.9. The average Bonchev–Trinajstić information content (AvgIpc) is 3.82. The molecule has 0 bridgehead atoms. The van der Waals surface area contributed by atoms with Gasteiger partial charge in [0, 0.05) is 43.5 Å². The minimum Gasteiger partial charge on any atom is -0.481 e. The number of hydrogen-bond acceptors (Lipinski definition) is 10. The zero-order chi connectivity index (χ0) is 40.0. The van der Waals surface area contributed by atoms with Crippen LogP contribution in [-0.4, -0.2) is 88.9 Å². The SMILES string of the molecule is O=C(Nc1cccc(-c2cccc(Nc3nc(C(F)(F)F)nc4cc(CN5CC[C@@H](O)C5)cnc34)c2Cl)c1Cl)c1cc2n(n1)CCC[C@H]2N1CCC(C(=O)O)CC1. The van der Waals surface area contributed by atoms with E-state index in [2.05, 4.69) is 35.6 Å². The lowest BCUT2D eigenvalue weighted by Crippen LogP contribution is -2.40. The van der Waals surface area contributed by atoms with Gasteiger partial charge in [-0.1, -0.05) is 47.5 Å². The standard InChI is InChI=1S/C39H38Cl2F3N9O4/c40-32-24(4-1-6-26(32)46-35-34-28(48-38(49-35)39(42,43)44)16-21(18-45-34)19-51-13-11-23(54)20-51)25-5-2-7-27(33(25)41)47-36(55)29-17-31-30(8-3-12-53(31)50-29)52-14-9-22(10-15-52)37(56)57/h1-2,4-7,16-18,22-23,30,54H,3,8-15,19-20H2,(H,47,55)(H,56,57)(H,46,48,49)/t23-,30-/m1/s1. The van der Waals surface area contributed by atoms with Gasteiger partial charge in [-0.15, -0.1) is 0 Å². The van der Waals surface area contributed by atoms with Crippen LogP contribution >= 0.6 is 23.2 Å². The van der Waals surface area contributed by atoms with Crippen LogP contribution in [0, 0.1) is 5.92 Å². The number of likely N-dealkylation sites (tertiary alicyclic amines) is 2. The second-order valence-electron chi connectivity index (χ2n) is 14.7. The minimum atomic E-state index is -4.85. The van der Waals surface area contributed by atoms with Crippen LogP contribution in [0.2, 0.25) is 10.0 Å². The predicted molar refractivity (Wildman–Crippen MR) is 208 cm³/mol. The van der Waals surface area contributed by atoms with Crippen LogP contribution in [0.5, 0.6) is 0 Å². The molecule has 8 rings (SSSR count). The molecule has 0 radical (unpaired) electrons. The number of β-amino-alcohol motifs (C(OH)–C–C–N with tert-alkyl or cyclic N) is 1. The Morgan fingerprint density at radius 3 is 2.32 bits per heavy atom. The maximum Gasteiger partial charge on any atom is 0.451 e. The lowest BCUT2D eigenvalue weighted by Gasteiger charge is -2.38. The maximum atomic E-state index is 14.0. The number of halogens is 5. The van der Waals surface area contributed by atoms with Crippen molar-refractivity contribution in [1.29, 1.82) is 0 Å². The molecule has 0 saturated carbocycles. The summed E-state index contributed by atoms with van der Waals surface area (Å²) in [5.74, 6) is -3.12. The third-order valence-corrected chi connectivity index (χ3v) is 11.7. The van der Waals surface area contributed by atoms with Crippen molar-refractivity contribution in [3.05, 3.63) is 87.5 Å². The largest absolute Gasteiger partial charge is 0.481 e. The number of alkyl halides is 3. The van der Waals surface area contributed by atoms with Crippen molar-refractivity contribution in [1.82, 2.24) is 34.5 Å². The van der Waals surface area contributed by atoms with Crippen molar-refractivity contribution in [3.63, 3.8) is 0 Å². The molecule has 2 saturated heterocycles. The molecule has 2 fully saturated rings. The molecule has 6 heterocycles. The zero-order valence-electron chi connectivity index (χ0n) is 30.4. The molecule has 18 heteroatoms. The number of anilines is 3. The summed E-state index contributed by atoms with van der Waals surface area (Å²) >= 11 is 13.8. The summed E-state index contributed by atoms with van der Waals surface area (Å²) in [6.07, 6.45) is -0.214. The van der Waals surface area contributed by atoms with E-state index < -0.39 is 30.0 Å². The number of carbonyl (C=O) groups is 2. The number of pyridine rings is 1. The number of aliphatic carboxylic acids is 1. The number of carboxylic acid groups (broad SMARTS) is 1. The molecule has 2 aromatic carbocycles. The maximum absolute atomic E-state index is 14.0. The number of aliphatic hydroxyl groups is 1. The first-order chi connectivity index (χ1) is 27.3. The number of carbonyl (C=O) groups excluding carboxylic acids is 1. The number of aliphatic hydroxyl groups excluding tert-OH is 1. The van der Waals surface area contributed by atoms with E-state index in [0.29, 0.717) is 80.9 Å². The number of hydrogen-bond donors (Lipinski definition) is 4. The number of carboxylic acids is 1. The van der Waals surface area contributed by atoms with E-state index in [-0.39, 0.29) is 50.2 Å². The number of fused-ring (bicyclic) bond motifs is 2. The summed E-state index contributed by atoms with van der Waals surface area (Å²) in [4.78, 5) is 41.4. The number of aromatic nitrogens is 5. The highest BCUT2D eigenvalue weighted by Crippen LogP contribution is 2.42. The van der Waals surface area contributed by atoms with E-state index in [1.54, 1.807) is 48.7 Å². The van der Waals surface area contributed by atoms with Crippen LogP contribution in [0.3, 0.4) is 0 Å². The second-order valence-corrected chi connectivity index (χ2v) is 15.4. The van der Waals surface area contributed by atoms with Gasteiger partial charge < -0.3 is 20.8 Å². The van der Waals surface area contributed by atoms with Gasteiger partial charge in [-0.25, -0.2) is 9.97 Å². The van der Waals surface area contributed by atoms with Crippen molar-refractivity contribution in [3.8, 4) is 11.1 Å². The molecule has 4 N–H and O–H groups in total. The first kappa shape index (κ1) is 39.0. The van der Waals surface area contributed by atoms with Gasteiger partial charge in [0.25, 0.3) is 5.91 Å². The van der Waals surface area contributed by atoms with Crippen LogP contribution in [0.4, 0.5) is 30.4 Å². The topological polar surface area (TPSA) is 162 Å². The van der Waals surface area contributed by atoms with Crippen molar-refractivity contribution in [2.45, 2.75) is 63.5 Å². The number of nitrogens with zero attached hydrogens (tertiary/aromatic N) is 7. The molecule has 298 valence electrons. The van der Waals surface area contributed by atoms with Crippen molar-refractivity contribution in [2.75, 3.05) is 36.8 Å². The van der Waals surface area contributed by atoms with E-state index >= 15 is 0 Å². The van der Waals surface area contributed by atoms with Crippen LogP contribution in [0.1, 0.15) is 65.7 Å². The molecule has 0 unspecified atom stereocenters.